The van der Waals surface area contributed by atoms with Crippen LogP contribution in [-0.4, -0.2) is 24.9 Å². The Morgan fingerprint density at radius 2 is 1.06 bits per heavy atom. The van der Waals surface area contributed by atoms with Crippen molar-refractivity contribution in [3.05, 3.63) is 72.2 Å². The highest BCUT2D eigenvalue weighted by Gasteiger charge is 2.30. The van der Waals surface area contributed by atoms with Gasteiger partial charge in [0.25, 0.3) is 11.8 Å². The number of benzene rings is 2. The zero-order chi connectivity index (χ0) is 22.1. The zero-order valence-electron chi connectivity index (χ0n) is 18.2. The van der Waals surface area contributed by atoms with Crippen molar-refractivity contribution in [1.82, 2.24) is 10.6 Å². The molecule has 0 aliphatic carbocycles. The van der Waals surface area contributed by atoms with Gasteiger partial charge in [0, 0.05) is 24.2 Å². The third-order valence-electron chi connectivity index (χ3n) is 5.08. The van der Waals surface area contributed by atoms with Gasteiger partial charge in [0.05, 0.1) is 0 Å². The zero-order valence-corrected chi connectivity index (χ0v) is 18.2. The van der Waals surface area contributed by atoms with E-state index in [0.29, 0.717) is 24.2 Å². The summed E-state index contributed by atoms with van der Waals surface area (Å²) in [5.41, 5.74) is 2.94. The molecule has 3 aromatic rings. The van der Waals surface area contributed by atoms with Crippen molar-refractivity contribution in [3.63, 3.8) is 0 Å². The first-order chi connectivity index (χ1) is 15.2. The molecule has 3 rings (SSSR count). The number of furan rings is 1. The maximum Gasteiger partial charge on any atom is 0.287 e. The van der Waals surface area contributed by atoms with Gasteiger partial charge in [0.15, 0.2) is 0 Å². The molecule has 0 unspecified atom stereocenters. The van der Waals surface area contributed by atoms with E-state index in [-0.39, 0.29) is 23.3 Å². The van der Waals surface area contributed by atoms with Gasteiger partial charge in [0.2, 0.25) is 11.5 Å². The van der Waals surface area contributed by atoms with Crippen LogP contribution in [0, 0.1) is 0 Å². The molecule has 1 aromatic heterocycles. The lowest BCUT2D eigenvalue weighted by molar-refractivity contribution is 0.0901. The molecule has 0 radical (unpaired) electrons. The number of rotatable bonds is 10. The fourth-order valence-corrected chi connectivity index (χ4v) is 3.43. The third kappa shape index (κ3) is 5.43. The van der Waals surface area contributed by atoms with Crippen LogP contribution in [0.1, 0.15) is 60.6 Å². The van der Waals surface area contributed by atoms with Crippen LogP contribution in [0.25, 0.3) is 22.3 Å². The fourth-order valence-electron chi connectivity index (χ4n) is 3.43. The maximum atomic E-state index is 13.1. The summed E-state index contributed by atoms with van der Waals surface area (Å²) in [6.45, 7) is 5.26. The summed E-state index contributed by atoms with van der Waals surface area (Å²) in [5, 5.41) is 5.86. The van der Waals surface area contributed by atoms with Crippen molar-refractivity contribution in [2.75, 3.05) is 13.1 Å². The molecular formula is C26H30N2O3. The van der Waals surface area contributed by atoms with Crippen LogP contribution in [0.4, 0.5) is 0 Å². The Bertz CT molecular complexity index is 914. The lowest BCUT2D eigenvalue weighted by Crippen LogP contribution is -2.25. The summed E-state index contributed by atoms with van der Waals surface area (Å²) in [7, 11) is 0. The average molecular weight is 419 g/mol. The third-order valence-corrected chi connectivity index (χ3v) is 5.08. The van der Waals surface area contributed by atoms with Crippen molar-refractivity contribution in [2.24, 2.45) is 0 Å². The van der Waals surface area contributed by atoms with Crippen LogP contribution in [-0.2, 0) is 0 Å². The molecule has 1 heterocycles. The first kappa shape index (κ1) is 22.3. The van der Waals surface area contributed by atoms with Crippen LogP contribution in [0.5, 0.6) is 0 Å². The van der Waals surface area contributed by atoms with Gasteiger partial charge in [-0.2, -0.15) is 0 Å². The van der Waals surface area contributed by atoms with Gasteiger partial charge in [-0.25, -0.2) is 0 Å². The maximum absolute atomic E-state index is 13.1. The van der Waals surface area contributed by atoms with E-state index < -0.39 is 0 Å². The van der Waals surface area contributed by atoms with Crippen LogP contribution in [0.2, 0.25) is 0 Å². The molecule has 0 aliphatic heterocycles. The van der Waals surface area contributed by atoms with E-state index in [4.69, 9.17) is 4.42 Å². The van der Waals surface area contributed by atoms with Crippen molar-refractivity contribution >= 4 is 11.8 Å². The van der Waals surface area contributed by atoms with Crippen LogP contribution in [0.3, 0.4) is 0 Å². The number of hydrogen-bond donors (Lipinski definition) is 2. The number of amides is 2. The van der Waals surface area contributed by atoms with Gasteiger partial charge in [0.1, 0.15) is 0 Å². The lowest BCUT2D eigenvalue weighted by atomic mass is 9.94. The number of unbranched alkanes of at least 4 members (excludes halogenated alkanes) is 2. The Kier molecular flexibility index (Phi) is 8.05. The van der Waals surface area contributed by atoms with Crippen LogP contribution >= 0.6 is 0 Å². The number of carbonyl (C=O) groups is 2. The van der Waals surface area contributed by atoms with Gasteiger partial charge >= 0.3 is 0 Å². The molecule has 5 nitrogen and oxygen atoms in total. The molecule has 0 aliphatic rings. The van der Waals surface area contributed by atoms with E-state index in [1.807, 2.05) is 60.7 Å². The molecule has 2 N–H and O–H groups in total. The second kappa shape index (κ2) is 11.2. The molecule has 162 valence electrons. The largest absolute Gasteiger partial charge is 0.444 e. The van der Waals surface area contributed by atoms with E-state index in [9.17, 15) is 9.59 Å². The molecule has 0 bridgehead atoms. The first-order valence-corrected chi connectivity index (χ1v) is 11.0. The fraction of sp³-hybridized carbons (Fsp3) is 0.308. The molecule has 0 saturated heterocycles. The van der Waals surface area contributed by atoms with Gasteiger partial charge < -0.3 is 15.1 Å². The first-order valence-electron chi connectivity index (χ1n) is 11.0. The molecular weight excluding hydrogens is 388 g/mol. The van der Waals surface area contributed by atoms with E-state index >= 15 is 0 Å². The predicted molar refractivity (Wildman–Crippen MR) is 124 cm³/mol. The summed E-state index contributed by atoms with van der Waals surface area (Å²) in [6.07, 6.45) is 3.71. The monoisotopic (exact) mass is 418 g/mol. The highest BCUT2D eigenvalue weighted by atomic mass is 16.4. The summed E-state index contributed by atoms with van der Waals surface area (Å²) in [5.74, 6) is -0.280. The van der Waals surface area contributed by atoms with Gasteiger partial charge in [-0.05, 0) is 24.0 Å². The summed E-state index contributed by atoms with van der Waals surface area (Å²) in [6, 6.07) is 19.2. The number of nitrogens with one attached hydrogen (secondary N) is 2. The van der Waals surface area contributed by atoms with E-state index in [1.165, 1.54) is 0 Å². The van der Waals surface area contributed by atoms with Crippen LogP contribution < -0.4 is 10.6 Å². The van der Waals surface area contributed by atoms with Gasteiger partial charge in [-0.15, -0.1) is 0 Å². The molecule has 0 spiro atoms. The minimum absolute atomic E-state index is 0.168. The number of hydrogen-bond acceptors (Lipinski definition) is 3. The highest BCUT2D eigenvalue weighted by molar-refractivity contribution is 6.09. The lowest BCUT2D eigenvalue weighted by Gasteiger charge is -2.08. The smallest absolute Gasteiger partial charge is 0.287 e. The average Bonchev–Trinajstić information content (AvgIpc) is 3.21. The topological polar surface area (TPSA) is 71.3 Å². The van der Waals surface area contributed by atoms with Crippen LogP contribution in [0.15, 0.2) is 65.1 Å². The molecule has 31 heavy (non-hydrogen) atoms. The molecule has 0 atom stereocenters. The molecule has 0 saturated carbocycles. The minimum atomic E-state index is -0.308. The van der Waals surface area contributed by atoms with E-state index in [1.54, 1.807) is 0 Å². The summed E-state index contributed by atoms with van der Waals surface area (Å²) in [4.78, 5) is 26.1. The normalized spacial score (nSPS) is 10.6. The SMILES string of the molecule is CCCCNC(=O)c1oc(C(=O)NCCCC)c(-c2ccccc2)c1-c1ccccc1. The van der Waals surface area contributed by atoms with Crippen molar-refractivity contribution in [1.29, 1.82) is 0 Å². The second-order valence-electron chi connectivity index (χ2n) is 7.46. The Labute approximate surface area is 183 Å². The Balaban J connectivity index is 2.16. The quantitative estimate of drug-likeness (QED) is 0.417. The van der Waals surface area contributed by atoms with Crippen molar-refractivity contribution in [3.8, 4) is 22.3 Å². The Morgan fingerprint density at radius 3 is 1.42 bits per heavy atom. The standard InChI is InChI=1S/C26H30N2O3/c1-3-5-17-27-25(29)23-21(19-13-9-7-10-14-19)22(20-15-11-8-12-16-20)24(31-23)26(30)28-18-6-4-2/h7-16H,3-6,17-18H2,1-2H3,(H,27,29)(H,28,30). The molecule has 2 aromatic carbocycles. The van der Waals surface area contributed by atoms with Gasteiger partial charge in [-0.3, -0.25) is 9.59 Å². The minimum Gasteiger partial charge on any atom is -0.444 e. The van der Waals surface area contributed by atoms with Crippen molar-refractivity contribution in [2.45, 2.75) is 39.5 Å². The summed E-state index contributed by atoms with van der Waals surface area (Å²) >= 11 is 0. The van der Waals surface area contributed by atoms with E-state index in [2.05, 4.69) is 24.5 Å². The second-order valence-corrected chi connectivity index (χ2v) is 7.46. The Hall–Kier alpha value is -3.34. The Morgan fingerprint density at radius 1 is 0.677 bits per heavy atom. The van der Waals surface area contributed by atoms with Gasteiger partial charge in [-0.1, -0.05) is 87.4 Å². The molecule has 0 fully saturated rings. The summed E-state index contributed by atoms with van der Waals surface area (Å²) < 4.78 is 6.02. The molecule has 2 amide bonds. The van der Waals surface area contributed by atoms with Crippen molar-refractivity contribution < 1.29 is 14.0 Å². The highest BCUT2D eigenvalue weighted by Crippen LogP contribution is 2.40. The predicted octanol–water partition coefficient (Wildman–Crippen LogP) is 5.67. The number of carbonyl (C=O) groups excluding carboxylic acids is 2. The van der Waals surface area contributed by atoms with E-state index in [0.717, 1.165) is 36.8 Å². The molecule has 5 heteroatoms.